The van der Waals surface area contributed by atoms with E-state index in [0.29, 0.717) is 11.8 Å². The van der Waals surface area contributed by atoms with Gasteiger partial charge in [0.2, 0.25) is 5.04 Å². The number of thioether (sulfide) groups is 1. The maximum absolute atomic E-state index is 14.4. The van der Waals surface area contributed by atoms with Crippen molar-refractivity contribution in [1.29, 1.82) is 0 Å². The number of esters is 1. The summed E-state index contributed by atoms with van der Waals surface area (Å²) in [5, 5.41) is 4.56. The van der Waals surface area contributed by atoms with Crippen LogP contribution in [0.2, 0.25) is 0 Å². The first-order valence-electron chi connectivity index (χ1n) is 8.09. The van der Waals surface area contributed by atoms with Crippen molar-refractivity contribution in [3.63, 3.8) is 0 Å². The number of benzene rings is 1. The summed E-state index contributed by atoms with van der Waals surface area (Å²) in [4.78, 5) is 10.8. The molecule has 142 valence electrons. The van der Waals surface area contributed by atoms with Gasteiger partial charge in [0.1, 0.15) is 0 Å². The second kappa shape index (κ2) is 7.45. The number of hydrogen-bond donors (Lipinski definition) is 0. The van der Waals surface area contributed by atoms with Crippen LogP contribution in [0.15, 0.2) is 35.4 Å². The third-order valence-electron chi connectivity index (χ3n) is 3.98. The minimum atomic E-state index is -4.69. The average molecular weight is 389 g/mol. The molecule has 0 aromatic heterocycles. The molecule has 1 saturated heterocycles. The van der Waals surface area contributed by atoms with Gasteiger partial charge in [0, 0.05) is 13.1 Å². The van der Waals surface area contributed by atoms with E-state index in [9.17, 15) is 18.0 Å². The van der Waals surface area contributed by atoms with Crippen molar-refractivity contribution in [1.82, 2.24) is 4.90 Å². The lowest BCUT2D eigenvalue weighted by Gasteiger charge is -2.46. The third kappa shape index (κ3) is 3.28. The van der Waals surface area contributed by atoms with E-state index >= 15 is 0 Å². The normalized spacial score (nSPS) is 24.5. The Bertz CT molecular complexity index is 680. The highest BCUT2D eigenvalue weighted by Gasteiger charge is 2.68. The highest BCUT2D eigenvalue weighted by Crippen LogP contribution is 2.52. The number of morpholine rings is 1. The molecule has 1 atom stereocenters. The van der Waals surface area contributed by atoms with E-state index in [2.05, 4.69) is 5.10 Å². The van der Waals surface area contributed by atoms with Crippen LogP contribution in [0, 0.1) is 0 Å². The van der Waals surface area contributed by atoms with Gasteiger partial charge < -0.3 is 9.47 Å². The Morgan fingerprint density at radius 2 is 1.96 bits per heavy atom. The quantitative estimate of drug-likeness (QED) is 0.738. The summed E-state index contributed by atoms with van der Waals surface area (Å²) in [6, 6.07) is 8.00. The topological polar surface area (TPSA) is 54.4 Å². The number of nitrogens with zero attached hydrogens (tertiary/aromatic N) is 3. The van der Waals surface area contributed by atoms with Crippen molar-refractivity contribution in [2.45, 2.75) is 18.1 Å². The van der Waals surface area contributed by atoms with Gasteiger partial charge in [-0.1, -0.05) is 18.2 Å². The van der Waals surface area contributed by atoms with Crippen molar-refractivity contribution in [2.75, 3.05) is 37.9 Å². The molecule has 2 aliphatic rings. The zero-order valence-electron chi connectivity index (χ0n) is 14.0. The van der Waals surface area contributed by atoms with Gasteiger partial charge in [-0.3, -0.25) is 4.90 Å². The van der Waals surface area contributed by atoms with E-state index in [-0.39, 0.29) is 43.6 Å². The molecular formula is C16H18F3N3O3S. The van der Waals surface area contributed by atoms with Crippen molar-refractivity contribution >= 4 is 28.5 Å². The summed E-state index contributed by atoms with van der Waals surface area (Å²) < 4.78 is 53.2. The molecule has 0 spiro atoms. The highest BCUT2D eigenvalue weighted by atomic mass is 32.2. The molecule has 2 heterocycles. The zero-order chi connectivity index (χ0) is 18.8. The number of rotatable bonds is 4. The van der Waals surface area contributed by atoms with Gasteiger partial charge >= 0.3 is 12.1 Å². The Morgan fingerprint density at radius 3 is 2.54 bits per heavy atom. The van der Waals surface area contributed by atoms with Gasteiger partial charge in [-0.05, 0) is 30.8 Å². The molecule has 26 heavy (non-hydrogen) atoms. The Morgan fingerprint density at radius 1 is 1.31 bits per heavy atom. The van der Waals surface area contributed by atoms with Gasteiger partial charge in [-0.15, -0.1) is 0 Å². The molecule has 3 rings (SSSR count). The lowest BCUT2D eigenvalue weighted by atomic mass is 10.2. The molecule has 0 saturated carbocycles. The Hall–Kier alpha value is -1.78. The van der Waals surface area contributed by atoms with E-state index in [1.807, 2.05) is 0 Å². The number of anilines is 1. The fourth-order valence-corrected chi connectivity index (χ4v) is 4.05. The number of hydrogen-bond acceptors (Lipinski definition) is 7. The van der Waals surface area contributed by atoms with Crippen LogP contribution in [0.1, 0.15) is 6.92 Å². The van der Waals surface area contributed by atoms with Crippen molar-refractivity contribution in [3.05, 3.63) is 30.3 Å². The number of carbonyl (C=O) groups excluding carboxylic acids is 1. The molecule has 0 radical (unpaired) electrons. The van der Waals surface area contributed by atoms with Crippen LogP contribution in [0.5, 0.6) is 0 Å². The fourth-order valence-electron chi connectivity index (χ4n) is 2.86. The Kier molecular flexibility index (Phi) is 5.44. The van der Waals surface area contributed by atoms with Crippen molar-refractivity contribution in [2.24, 2.45) is 5.10 Å². The summed E-state index contributed by atoms with van der Waals surface area (Å²) >= 11 is 0.369. The summed E-state index contributed by atoms with van der Waals surface area (Å²) in [6.45, 7) is 2.14. The summed E-state index contributed by atoms with van der Waals surface area (Å²) in [6.07, 6.45) is -4.69. The van der Waals surface area contributed by atoms with Crippen LogP contribution in [0.4, 0.5) is 18.9 Å². The van der Waals surface area contributed by atoms with Crippen LogP contribution >= 0.6 is 11.8 Å². The summed E-state index contributed by atoms with van der Waals surface area (Å²) in [5.74, 6) is -0.863. The average Bonchev–Trinajstić information content (AvgIpc) is 3.05. The Balaban J connectivity index is 2.09. The van der Waals surface area contributed by atoms with Crippen LogP contribution < -0.4 is 5.01 Å². The molecule has 1 fully saturated rings. The summed E-state index contributed by atoms with van der Waals surface area (Å²) in [5.41, 5.74) is 0.239. The molecule has 0 aliphatic carbocycles. The SMILES string of the molecule is CCOC(=O)C1=NN(c2ccccc2)C(N2CCOCC2)(C(F)(F)F)S1. The monoisotopic (exact) mass is 389 g/mol. The molecule has 1 aromatic rings. The first kappa shape index (κ1) is 19.0. The van der Waals surface area contributed by atoms with Gasteiger partial charge in [-0.2, -0.15) is 18.3 Å². The second-order valence-corrected chi connectivity index (χ2v) is 6.74. The molecule has 1 unspecified atom stereocenters. The number of ether oxygens (including phenoxy) is 2. The highest BCUT2D eigenvalue weighted by molar-refractivity contribution is 8.17. The van der Waals surface area contributed by atoms with Crippen molar-refractivity contribution in [3.8, 4) is 0 Å². The smallest absolute Gasteiger partial charge is 0.437 e. The maximum Gasteiger partial charge on any atom is 0.437 e. The predicted octanol–water partition coefficient (Wildman–Crippen LogP) is 2.66. The van der Waals surface area contributed by atoms with Gasteiger partial charge in [-0.25, -0.2) is 9.80 Å². The molecule has 6 nitrogen and oxygen atoms in total. The molecule has 2 aliphatic heterocycles. The lowest BCUT2D eigenvalue weighted by molar-refractivity contribution is -0.205. The number of hydrazone groups is 1. The van der Waals surface area contributed by atoms with E-state index in [0.717, 1.165) is 5.01 Å². The van der Waals surface area contributed by atoms with E-state index in [1.165, 1.54) is 17.0 Å². The van der Waals surface area contributed by atoms with Crippen LogP contribution in [-0.4, -0.2) is 60.0 Å². The molecule has 0 N–H and O–H groups in total. The number of para-hydroxylation sites is 1. The maximum atomic E-state index is 14.4. The second-order valence-electron chi connectivity index (χ2n) is 5.58. The number of alkyl halides is 3. The van der Waals surface area contributed by atoms with E-state index in [4.69, 9.17) is 9.47 Å². The van der Waals surface area contributed by atoms with Gasteiger partial charge in [0.15, 0.2) is 0 Å². The zero-order valence-corrected chi connectivity index (χ0v) is 14.8. The molecular weight excluding hydrogens is 371 g/mol. The van der Waals surface area contributed by atoms with Crippen LogP contribution in [-0.2, 0) is 14.3 Å². The fraction of sp³-hybridized carbons (Fsp3) is 0.500. The minimum absolute atomic E-state index is 0.0559. The van der Waals surface area contributed by atoms with Crippen molar-refractivity contribution < 1.29 is 27.4 Å². The third-order valence-corrected chi connectivity index (χ3v) is 5.37. The first-order valence-corrected chi connectivity index (χ1v) is 8.91. The van der Waals surface area contributed by atoms with Gasteiger partial charge in [0.05, 0.1) is 25.5 Å². The molecule has 0 amide bonds. The van der Waals surface area contributed by atoms with Crippen LogP contribution in [0.3, 0.4) is 0 Å². The molecule has 0 bridgehead atoms. The molecule has 1 aromatic carbocycles. The first-order chi connectivity index (χ1) is 12.4. The Labute approximate surface area is 152 Å². The minimum Gasteiger partial charge on any atom is -0.461 e. The lowest BCUT2D eigenvalue weighted by Crippen LogP contribution is -2.66. The predicted molar refractivity (Wildman–Crippen MR) is 91.8 cm³/mol. The van der Waals surface area contributed by atoms with E-state index in [1.54, 1.807) is 25.1 Å². The largest absolute Gasteiger partial charge is 0.461 e. The van der Waals surface area contributed by atoms with Gasteiger partial charge in [0.25, 0.3) is 4.99 Å². The van der Waals surface area contributed by atoms with E-state index < -0.39 is 17.1 Å². The summed E-state index contributed by atoms with van der Waals surface area (Å²) in [7, 11) is 0. The number of halogens is 3. The van der Waals surface area contributed by atoms with Crippen LogP contribution in [0.25, 0.3) is 0 Å². The number of carbonyl (C=O) groups is 1. The molecule has 10 heteroatoms. The standard InChI is InChI=1S/C16H18F3N3O3S/c1-2-25-14(23)13-20-22(12-6-4-3-5-7-12)16(26-13,15(17,18)19)21-8-10-24-11-9-21/h3-7H,2,8-11H2,1H3.